The smallest absolute Gasteiger partial charge is 0.249 e. The van der Waals surface area contributed by atoms with Crippen molar-refractivity contribution in [2.45, 2.75) is 51.9 Å². The Labute approximate surface area is 221 Å². The lowest BCUT2D eigenvalue weighted by atomic mass is 10.00. The summed E-state index contributed by atoms with van der Waals surface area (Å²) in [5, 5.41) is 11.5. The number of hydrogen-bond acceptors (Lipinski definition) is 6. The van der Waals surface area contributed by atoms with Crippen molar-refractivity contribution in [2.75, 3.05) is 6.79 Å². The second kappa shape index (κ2) is 10.2. The van der Waals surface area contributed by atoms with Crippen LogP contribution in [0, 0.1) is 0 Å². The van der Waals surface area contributed by atoms with Gasteiger partial charge in [0, 0.05) is 31.0 Å². The van der Waals surface area contributed by atoms with Crippen LogP contribution < -0.4 is 14.8 Å². The fourth-order valence-electron chi connectivity index (χ4n) is 4.50. The zero-order valence-corrected chi connectivity index (χ0v) is 22.0. The molecule has 198 valence electrons. The van der Waals surface area contributed by atoms with Crippen LogP contribution in [0.4, 0.5) is 0 Å². The molecule has 5 rings (SSSR count). The molecule has 2 aromatic carbocycles. The Morgan fingerprint density at radius 1 is 1.11 bits per heavy atom. The molecule has 1 atom stereocenters. The predicted molar refractivity (Wildman–Crippen MR) is 141 cm³/mol. The molecule has 1 aliphatic heterocycles. The maximum Gasteiger partial charge on any atom is 0.249 e. The van der Waals surface area contributed by atoms with Gasteiger partial charge in [0.1, 0.15) is 12.1 Å². The second-order valence-electron chi connectivity index (χ2n) is 10.1. The number of fused-ring (bicyclic) bond motifs is 2. The lowest BCUT2D eigenvalue weighted by Crippen LogP contribution is -2.51. The zero-order chi connectivity index (χ0) is 26.9. The van der Waals surface area contributed by atoms with E-state index in [2.05, 4.69) is 15.6 Å². The summed E-state index contributed by atoms with van der Waals surface area (Å²) in [6, 6.07) is 15.9. The van der Waals surface area contributed by atoms with Crippen LogP contribution in [0.1, 0.15) is 44.5 Å². The van der Waals surface area contributed by atoms with Crippen molar-refractivity contribution in [1.82, 2.24) is 29.8 Å². The van der Waals surface area contributed by atoms with Crippen LogP contribution in [0.3, 0.4) is 0 Å². The highest BCUT2D eigenvalue weighted by molar-refractivity contribution is 5.89. The third-order valence-corrected chi connectivity index (χ3v) is 6.99. The number of rotatable bonds is 9. The number of carbonyl (C=O) groups excluding carboxylic acids is 2. The van der Waals surface area contributed by atoms with Crippen molar-refractivity contribution in [1.29, 1.82) is 0 Å². The Hall–Kier alpha value is -4.34. The quantitative estimate of drug-likeness (QED) is 0.365. The van der Waals surface area contributed by atoms with E-state index in [1.54, 1.807) is 9.58 Å². The van der Waals surface area contributed by atoms with Gasteiger partial charge in [-0.05, 0) is 62.2 Å². The molecule has 10 heteroatoms. The summed E-state index contributed by atoms with van der Waals surface area (Å²) in [4.78, 5) is 29.6. The van der Waals surface area contributed by atoms with E-state index in [1.165, 1.54) is 0 Å². The minimum atomic E-state index is -0.881. The molecule has 0 radical (unpaired) electrons. The number of hydrogen-bond donors (Lipinski definition) is 1. The molecule has 2 amide bonds. The Morgan fingerprint density at radius 3 is 2.66 bits per heavy atom. The first-order chi connectivity index (χ1) is 18.3. The number of nitrogens with zero attached hydrogens (tertiary/aromatic N) is 5. The summed E-state index contributed by atoms with van der Waals surface area (Å²) >= 11 is 0. The van der Waals surface area contributed by atoms with Gasteiger partial charge >= 0.3 is 0 Å². The average molecular weight is 517 g/mol. The normalized spacial score (nSPS) is 13.5. The minimum absolute atomic E-state index is 0.0730. The molecule has 38 heavy (non-hydrogen) atoms. The largest absolute Gasteiger partial charge is 0.454 e. The molecular formula is C28H32N6O4. The maximum absolute atomic E-state index is 14.1. The number of benzene rings is 2. The Bertz CT molecular complexity index is 1470. The maximum atomic E-state index is 14.1. The van der Waals surface area contributed by atoms with Crippen molar-refractivity contribution >= 4 is 22.8 Å². The molecule has 1 N–H and O–H groups in total. The lowest BCUT2D eigenvalue weighted by Gasteiger charge is -2.34. The van der Waals surface area contributed by atoms with Crippen molar-refractivity contribution < 1.29 is 19.1 Å². The number of carbonyl (C=O) groups is 2. The SMILES string of the molecule is CCC(C)(C)NC(=O)C(c1cccn1C)N(Cc1ccc2c(c1)OCO2)C(=O)Cn1nnc2ccccc21. The van der Waals surface area contributed by atoms with Gasteiger partial charge in [0.2, 0.25) is 18.6 Å². The highest BCUT2D eigenvalue weighted by atomic mass is 16.7. The molecule has 0 saturated carbocycles. The van der Waals surface area contributed by atoms with Crippen LogP contribution >= 0.6 is 0 Å². The number of amides is 2. The molecule has 2 aromatic heterocycles. The van der Waals surface area contributed by atoms with Crippen molar-refractivity contribution in [3.8, 4) is 11.5 Å². The van der Waals surface area contributed by atoms with Crippen LogP contribution in [0.5, 0.6) is 11.5 Å². The van der Waals surface area contributed by atoms with E-state index in [-0.39, 0.29) is 31.7 Å². The Kier molecular flexibility index (Phi) is 6.79. The first kappa shape index (κ1) is 25.3. The molecule has 1 unspecified atom stereocenters. The summed E-state index contributed by atoms with van der Waals surface area (Å²) in [6.07, 6.45) is 2.61. The van der Waals surface area contributed by atoms with E-state index >= 15 is 0 Å². The second-order valence-corrected chi connectivity index (χ2v) is 10.1. The van der Waals surface area contributed by atoms with Crippen LogP contribution in [-0.4, -0.2) is 48.6 Å². The van der Waals surface area contributed by atoms with Gasteiger partial charge in [-0.3, -0.25) is 9.59 Å². The lowest BCUT2D eigenvalue weighted by molar-refractivity contribution is -0.143. The number of ether oxygens (including phenoxy) is 2. The standard InChI is InChI=1S/C28H32N6O4/c1-5-28(2,3)29-27(36)26(22-11-8-14-32(22)4)33(16-19-12-13-23-24(15-19)38-18-37-23)25(35)17-34-21-10-7-6-9-20(21)30-31-34/h6-15,26H,5,16-18H2,1-4H3,(H,29,36). The Balaban J connectivity index is 1.55. The monoisotopic (exact) mass is 516 g/mol. The number of aryl methyl sites for hydroxylation is 1. The molecule has 1 aliphatic rings. The third kappa shape index (κ3) is 5.06. The number of aromatic nitrogens is 4. The van der Waals surface area contributed by atoms with Gasteiger partial charge in [0.25, 0.3) is 0 Å². The van der Waals surface area contributed by atoms with Gasteiger partial charge in [0.15, 0.2) is 17.5 Å². The van der Waals surface area contributed by atoms with Crippen molar-refractivity contribution in [3.63, 3.8) is 0 Å². The minimum Gasteiger partial charge on any atom is -0.454 e. The summed E-state index contributed by atoms with van der Waals surface area (Å²) in [5.41, 5.74) is 2.51. The van der Waals surface area contributed by atoms with E-state index in [4.69, 9.17) is 9.47 Å². The summed E-state index contributed by atoms with van der Waals surface area (Å²) in [7, 11) is 1.87. The average Bonchev–Trinajstić information content (AvgIpc) is 3.64. The molecule has 0 bridgehead atoms. The van der Waals surface area contributed by atoms with Crippen LogP contribution in [0.25, 0.3) is 11.0 Å². The van der Waals surface area contributed by atoms with Gasteiger partial charge < -0.3 is 24.3 Å². The van der Waals surface area contributed by atoms with Crippen molar-refractivity contribution in [3.05, 3.63) is 72.1 Å². The molecule has 3 heterocycles. The Morgan fingerprint density at radius 2 is 1.89 bits per heavy atom. The third-order valence-electron chi connectivity index (χ3n) is 6.99. The van der Waals surface area contributed by atoms with E-state index in [1.807, 2.05) is 93.2 Å². The number of para-hydroxylation sites is 1. The fourth-order valence-corrected chi connectivity index (χ4v) is 4.50. The van der Waals surface area contributed by atoms with E-state index in [9.17, 15) is 9.59 Å². The van der Waals surface area contributed by atoms with Gasteiger partial charge in [-0.25, -0.2) is 4.68 Å². The van der Waals surface area contributed by atoms with E-state index < -0.39 is 11.6 Å². The van der Waals surface area contributed by atoms with E-state index in [0.717, 1.165) is 17.5 Å². The molecule has 4 aromatic rings. The fraction of sp³-hybridized carbons (Fsp3) is 0.357. The molecular weight excluding hydrogens is 484 g/mol. The molecule has 10 nitrogen and oxygen atoms in total. The number of nitrogens with one attached hydrogen (secondary N) is 1. The first-order valence-corrected chi connectivity index (χ1v) is 12.7. The first-order valence-electron chi connectivity index (χ1n) is 12.7. The molecule has 0 saturated heterocycles. The van der Waals surface area contributed by atoms with Crippen LogP contribution in [0.2, 0.25) is 0 Å². The highest BCUT2D eigenvalue weighted by Gasteiger charge is 2.36. The van der Waals surface area contributed by atoms with Gasteiger partial charge in [-0.2, -0.15) is 0 Å². The molecule has 0 aliphatic carbocycles. The topological polar surface area (TPSA) is 104 Å². The van der Waals surface area contributed by atoms with Gasteiger partial charge in [-0.1, -0.05) is 30.3 Å². The van der Waals surface area contributed by atoms with E-state index in [0.29, 0.717) is 22.7 Å². The zero-order valence-electron chi connectivity index (χ0n) is 22.0. The summed E-state index contributed by atoms with van der Waals surface area (Å²) < 4.78 is 14.5. The molecule has 0 fully saturated rings. The summed E-state index contributed by atoms with van der Waals surface area (Å²) in [5.74, 6) is 0.747. The van der Waals surface area contributed by atoms with Crippen LogP contribution in [-0.2, 0) is 29.7 Å². The van der Waals surface area contributed by atoms with Crippen molar-refractivity contribution in [2.24, 2.45) is 7.05 Å². The van der Waals surface area contributed by atoms with Crippen LogP contribution in [0.15, 0.2) is 60.8 Å². The van der Waals surface area contributed by atoms with Gasteiger partial charge in [-0.15, -0.1) is 5.10 Å². The summed E-state index contributed by atoms with van der Waals surface area (Å²) in [6.45, 7) is 6.22. The predicted octanol–water partition coefficient (Wildman–Crippen LogP) is 3.57. The molecule has 0 spiro atoms. The van der Waals surface area contributed by atoms with Gasteiger partial charge in [0.05, 0.1) is 5.52 Å². The highest BCUT2D eigenvalue weighted by Crippen LogP contribution is 2.34.